The van der Waals surface area contributed by atoms with Gasteiger partial charge in [0.25, 0.3) is 0 Å². The van der Waals surface area contributed by atoms with Gasteiger partial charge in [0.2, 0.25) is 5.91 Å². The number of hydrogen-bond acceptors (Lipinski definition) is 5. The maximum Gasteiger partial charge on any atom is 0.233 e. The largest absolute Gasteiger partial charge is 0.384 e. The summed E-state index contributed by atoms with van der Waals surface area (Å²) in [4.78, 5) is 22.1. The lowest BCUT2D eigenvalue weighted by Crippen LogP contribution is -2.35. The predicted octanol–water partition coefficient (Wildman–Crippen LogP) is 0.250. The van der Waals surface area contributed by atoms with Gasteiger partial charge in [-0.2, -0.15) is 0 Å². The monoisotopic (exact) mass is 249 g/mol. The molecule has 1 aliphatic heterocycles. The highest BCUT2D eigenvalue weighted by Crippen LogP contribution is 2.30. The van der Waals surface area contributed by atoms with Crippen LogP contribution in [0.3, 0.4) is 0 Å². The van der Waals surface area contributed by atoms with E-state index >= 15 is 0 Å². The second-order valence-corrected chi connectivity index (χ2v) is 4.57. The number of carbonyl (C=O) groups excluding carboxylic acids is 1. The van der Waals surface area contributed by atoms with E-state index < -0.39 is 0 Å². The molecule has 6 nitrogen and oxygen atoms in total. The smallest absolute Gasteiger partial charge is 0.233 e. The number of aryl methyl sites for hydroxylation is 1. The number of nitrogens with zero attached hydrogens (tertiary/aromatic N) is 3. The van der Waals surface area contributed by atoms with E-state index in [-0.39, 0.29) is 11.9 Å². The van der Waals surface area contributed by atoms with Crippen LogP contribution in [0, 0.1) is 6.92 Å². The van der Waals surface area contributed by atoms with E-state index in [9.17, 15) is 4.79 Å². The predicted molar refractivity (Wildman–Crippen MR) is 68.8 cm³/mol. The zero-order valence-corrected chi connectivity index (χ0v) is 10.8. The molecule has 0 radical (unpaired) electrons. The lowest BCUT2D eigenvalue weighted by molar-refractivity contribution is -0.122. The van der Waals surface area contributed by atoms with Crippen LogP contribution in [0.5, 0.6) is 0 Å². The molecule has 0 unspecified atom stereocenters. The number of carbonyl (C=O) groups is 1. The van der Waals surface area contributed by atoms with Gasteiger partial charge in [-0.25, -0.2) is 9.97 Å². The van der Waals surface area contributed by atoms with Gasteiger partial charge >= 0.3 is 0 Å². The maximum atomic E-state index is 11.5. The number of aromatic nitrogens is 2. The van der Waals surface area contributed by atoms with Crippen molar-refractivity contribution in [2.24, 2.45) is 0 Å². The number of likely N-dealkylation sites (tertiary alicyclic amines) is 1. The van der Waals surface area contributed by atoms with Crippen LogP contribution in [-0.2, 0) is 4.79 Å². The van der Waals surface area contributed by atoms with E-state index in [4.69, 9.17) is 5.73 Å². The van der Waals surface area contributed by atoms with Crippen LogP contribution in [0.2, 0.25) is 0 Å². The first-order chi connectivity index (χ1) is 8.60. The summed E-state index contributed by atoms with van der Waals surface area (Å²) in [6.07, 6.45) is 2.08. The first kappa shape index (κ1) is 12.8. The summed E-state index contributed by atoms with van der Waals surface area (Å²) in [6.45, 7) is 3.16. The summed E-state index contributed by atoms with van der Waals surface area (Å²) in [5.41, 5.74) is 6.67. The number of rotatable bonds is 3. The van der Waals surface area contributed by atoms with Gasteiger partial charge in [0.1, 0.15) is 11.6 Å². The van der Waals surface area contributed by atoms with Gasteiger partial charge in [-0.05, 0) is 26.3 Å². The fourth-order valence-corrected chi connectivity index (χ4v) is 2.40. The highest BCUT2D eigenvalue weighted by molar-refractivity contribution is 5.77. The lowest BCUT2D eigenvalue weighted by atomic mass is 10.1. The molecule has 0 bridgehead atoms. The number of hydrogen-bond donors (Lipinski definition) is 2. The second-order valence-electron chi connectivity index (χ2n) is 4.57. The minimum Gasteiger partial charge on any atom is -0.384 e. The second kappa shape index (κ2) is 5.30. The van der Waals surface area contributed by atoms with Gasteiger partial charge in [-0.15, -0.1) is 0 Å². The molecule has 0 aromatic carbocycles. The zero-order chi connectivity index (χ0) is 13.1. The molecule has 1 amide bonds. The first-order valence-electron chi connectivity index (χ1n) is 6.16. The van der Waals surface area contributed by atoms with Crippen molar-refractivity contribution in [1.82, 2.24) is 20.2 Å². The lowest BCUT2D eigenvalue weighted by Gasteiger charge is -2.23. The fraction of sp³-hybridized carbons (Fsp3) is 0.583. The summed E-state index contributed by atoms with van der Waals surface area (Å²) in [7, 11) is 1.65. The van der Waals surface area contributed by atoms with Gasteiger partial charge in [0, 0.05) is 13.1 Å². The number of nitrogen functional groups attached to an aromatic ring is 1. The molecular weight excluding hydrogens is 230 g/mol. The summed E-state index contributed by atoms with van der Waals surface area (Å²) in [5, 5.41) is 2.65. The molecule has 1 aromatic heterocycles. The molecule has 0 aliphatic carbocycles. The standard InChI is InChI=1S/C12H19N5O/c1-8-15-9(6-11(13)16-8)10-4-3-5-17(10)7-12(18)14-2/h6,10H,3-5,7H2,1-2H3,(H,14,18)(H2,13,15,16)/t10-/m0/s1. The SMILES string of the molecule is CNC(=O)CN1CCC[C@H]1c1cc(N)nc(C)n1. The Morgan fingerprint density at radius 1 is 1.61 bits per heavy atom. The van der Waals surface area contributed by atoms with Gasteiger partial charge < -0.3 is 11.1 Å². The molecule has 0 saturated carbocycles. The molecule has 2 heterocycles. The van der Waals surface area contributed by atoms with Crippen molar-refractivity contribution < 1.29 is 4.79 Å². The van der Waals surface area contributed by atoms with E-state index in [0.717, 1.165) is 25.1 Å². The van der Waals surface area contributed by atoms with Crippen molar-refractivity contribution in [2.75, 3.05) is 25.9 Å². The van der Waals surface area contributed by atoms with Crippen molar-refractivity contribution in [2.45, 2.75) is 25.8 Å². The molecule has 1 aliphatic rings. The van der Waals surface area contributed by atoms with Crippen LogP contribution in [0.4, 0.5) is 5.82 Å². The van der Waals surface area contributed by atoms with Crippen LogP contribution in [-0.4, -0.2) is 40.9 Å². The van der Waals surface area contributed by atoms with E-state index in [2.05, 4.69) is 20.2 Å². The molecule has 6 heteroatoms. The highest BCUT2D eigenvalue weighted by atomic mass is 16.1. The maximum absolute atomic E-state index is 11.5. The quantitative estimate of drug-likeness (QED) is 0.802. The van der Waals surface area contributed by atoms with E-state index in [0.29, 0.717) is 18.2 Å². The van der Waals surface area contributed by atoms with Crippen molar-refractivity contribution in [3.05, 3.63) is 17.6 Å². The van der Waals surface area contributed by atoms with Crippen LogP contribution < -0.4 is 11.1 Å². The third kappa shape index (κ3) is 2.76. The third-order valence-corrected chi connectivity index (χ3v) is 3.21. The van der Waals surface area contributed by atoms with E-state index in [1.54, 1.807) is 13.1 Å². The Balaban J connectivity index is 2.17. The molecule has 98 valence electrons. The van der Waals surface area contributed by atoms with Crippen molar-refractivity contribution in [3.8, 4) is 0 Å². The van der Waals surface area contributed by atoms with Crippen LogP contribution >= 0.6 is 0 Å². The summed E-state index contributed by atoms with van der Waals surface area (Å²) in [6, 6.07) is 1.98. The average Bonchev–Trinajstić information content (AvgIpc) is 2.75. The van der Waals surface area contributed by atoms with Crippen molar-refractivity contribution in [3.63, 3.8) is 0 Å². The molecular formula is C12H19N5O. The molecule has 2 rings (SSSR count). The molecule has 1 fully saturated rings. The summed E-state index contributed by atoms with van der Waals surface area (Å²) >= 11 is 0. The summed E-state index contributed by atoms with van der Waals surface area (Å²) in [5.74, 6) is 1.20. The van der Waals surface area contributed by atoms with Crippen LogP contribution in [0.1, 0.15) is 30.4 Å². The Morgan fingerprint density at radius 2 is 2.39 bits per heavy atom. The van der Waals surface area contributed by atoms with E-state index in [1.165, 1.54) is 0 Å². The van der Waals surface area contributed by atoms with Crippen LogP contribution in [0.25, 0.3) is 0 Å². The Bertz CT molecular complexity index is 428. The highest BCUT2D eigenvalue weighted by Gasteiger charge is 2.28. The molecule has 1 saturated heterocycles. The van der Waals surface area contributed by atoms with E-state index in [1.807, 2.05) is 6.92 Å². The first-order valence-corrected chi connectivity index (χ1v) is 6.16. The van der Waals surface area contributed by atoms with Crippen molar-refractivity contribution in [1.29, 1.82) is 0 Å². The number of anilines is 1. The Hall–Kier alpha value is -1.69. The molecule has 1 atom stereocenters. The Kier molecular flexibility index (Phi) is 3.76. The van der Waals surface area contributed by atoms with Gasteiger partial charge in [-0.1, -0.05) is 0 Å². The van der Waals surface area contributed by atoms with Gasteiger partial charge in [0.05, 0.1) is 18.3 Å². The molecule has 18 heavy (non-hydrogen) atoms. The number of amides is 1. The minimum absolute atomic E-state index is 0.0284. The summed E-state index contributed by atoms with van der Waals surface area (Å²) < 4.78 is 0. The minimum atomic E-state index is 0.0284. The Labute approximate surface area is 107 Å². The topological polar surface area (TPSA) is 84.1 Å². The third-order valence-electron chi connectivity index (χ3n) is 3.21. The van der Waals surface area contributed by atoms with Gasteiger partial charge in [-0.3, -0.25) is 9.69 Å². The number of likely N-dealkylation sites (N-methyl/N-ethyl adjacent to an activating group) is 1. The van der Waals surface area contributed by atoms with Gasteiger partial charge in [0.15, 0.2) is 0 Å². The van der Waals surface area contributed by atoms with Crippen molar-refractivity contribution >= 4 is 11.7 Å². The fourth-order valence-electron chi connectivity index (χ4n) is 2.40. The molecule has 0 spiro atoms. The zero-order valence-electron chi connectivity index (χ0n) is 10.8. The normalized spacial score (nSPS) is 20.0. The molecule has 3 N–H and O–H groups in total. The number of nitrogens with one attached hydrogen (secondary N) is 1. The Morgan fingerprint density at radius 3 is 3.06 bits per heavy atom. The average molecular weight is 249 g/mol. The molecule has 1 aromatic rings. The van der Waals surface area contributed by atoms with Crippen LogP contribution in [0.15, 0.2) is 6.07 Å². The number of nitrogens with two attached hydrogens (primary N) is 1.